The zero-order chi connectivity index (χ0) is 16.5. The summed E-state index contributed by atoms with van der Waals surface area (Å²) in [5.74, 6) is -1.47. The Labute approximate surface area is 128 Å². The molecule has 0 unspecified atom stereocenters. The van der Waals surface area contributed by atoms with E-state index in [1.54, 1.807) is 13.0 Å². The van der Waals surface area contributed by atoms with Crippen molar-refractivity contribution in [1.82, 2.24) is 10.6 Å². The van der Waals surface area contributed by atoms with Crippen LogP contribution in [-0.4, -0.2) is 30.6 Å². The van der Waals surface area contributed by atoms with E-state index in [0.29, 0.717) is 5.56 Å². The van der Waals surface area contributed by atoms with E-state index in [9.17, 15) is 14.4 Å². The van der Waals surface area contributed by atoms with Crippen molar-refractivity contribution in [1.29, 1.82) is 5.26 Å². The molecule has 0 aliphatic rings. The number of hydrogen-bond acceptors (Lipinski definition) is 5. The third-order valence-electron chi connectivity index (χ3n) is 2.80. The predicted octanol–water partition coefficient (Wildman–Crippen LogP) is 1.34. The summed E-state index contributed by atoms with van der Waals surface area (Å²) in [5.41, 5.74) is 0.475. The van der Waals surface area contributed by atoms with E-state index in [1.807, 2.05) is 13.0 Å². The van der Waals surface area contributed by atoms with E-state index in [4.69, 9.17) is 10.00 Å². The molecule has 0 fully saturated rings. The van der Waals surface area contributed by atoms with Gasteiger partial charge < -0.3 is 10.1 Å². The second-order valence-electron chi connectivity index (χ2n) is 4.60. The summed E-state index contributed by atoms with van der Waals surface area (Å²) in [4.78, 5) is 34.6. The molecule has 7 nitrogen and oxygen atoms in total. The summed E-state index contributed by atoms with van der Waals surface area (Å²) in [6.45, 7) is 3.11. The van der Waals surface area contributed by atoms with Crippen molar-refractivity contribution in [2.45, 2.75) is 26.3 Å². The summed E-state index contributed by atoms with van der Waals surface area (Å²) in [6, 6.07) is 7.10. The smallest absolute Gasteiger partial charge is 0.338 e. The molecule has 116 valence electrons. The number of nitrogens with one attached hydrogen (secondary N) is 2. The van der Waals surface area contributed by atoms with Crippen LogP contribution in [0.1, 0.15) is 36.2 Å². The van der Waals surface area contributed by atoms with E-state index in [-0.39, 0.29) is 11.6 Å². The Bertz CT molecular complexity index is 607. The van der Waals surface area contributed by atoms with Gasteiger partial charge in [-0.15, -0.1) is 0 Å². The maximum atomic E-state index is 11.7. The van der Waals surface area contributed by atoms with Gasteiger partial charge in [0.2, 0.25) is 0 Å². The van der Waals surface area contributed by atoms with Crippen molar-refractivity contribution in [2.75, 3.05) is 6.61 Å². The number of amides is 3. The Morgan fingerprint density at radius 1 is 1.36 bits per heavy atom. The lowest BCUT2D eigenvalue weighted by molar-refractivity contribution is -0.123. The van der Waals surface area contributed by atoms with Gasteiger partial charge in [0, 0.05) is 6.04 Å². The molecule has 1 rings (SSSR count). The lowest BCUT2D eigenvalue weighted by Crippen LogP contribution is -2.44. The van der Waals surface area contributed by atoms with Crippen LogP contribution in [0.25, 0.3) is 0 Å². The molecule has 1 atom stereocenters. The molecule has 1 aromatic carbocycles. The fourth-order valence-electron chi connectivity index (χ4n) is 1.45. The predicted molar refractivity (Wildman–Crippen MR) is 77.9 cm³/mol. The Morgan fingerprint density at radius 2 is 2.09 bits per heavy atom. The Balaban J connectivity index is 2.45. The van der Waals surface area contributed by atoms with Crippen LogP contribution in [0.3, 0.4) is 0 Å². The molecular weight excluding hydrogens is 286 g/mol. The highest BCUT2D eigenvalue weighted by molar-refractivity contribution is 5.97. The molecule has 7 heteroatoms. The van der Waals surface area contributed by atoms with Crippen LogP contribution in [0.4, 0.5) is 4.79 Å². The zero-order valence-electron chi connectivity index (χ0n) is 12.4. The van der Waals surface area contributed by atoms with Crippen LogP contribution in [0, 0.1) is 11.3 Å². The van der Waals surface area contributed by atoms with Crippen molar-refractivity contribution in [3.05, 3.63) is 35.4 Å². The van der Waals surface area contributed by atoms with Crippen LogP contribution in [0.5, 0.6) is 0 Å². The second kappa shape index (κ2) is 8.42. The minimum Gasteiger partial charge on any atom is -0.452 e. The second-order valence-corrected chi connectivity index (χ2v) is 4.60. The first kappa shape index (κ1) is 17.2. The van der Waals surface area contributed by atoms with Gasteiger partial charge in [0.1, 0.15) is 0 Å². The van der Waals surface area contributed by atoms with Gasteiger partial charge in [-0.25, -0.2) is 9.59 Å². The fraction of sp³-hybridized carbons (Fsp3) is 0.333. The molecule has 22 heavy (non-hydrogen) atoms. The molecule has 0 spiro atoms. The van der Waals surface area contributed by atoms with Crippen LogP contribution in [0.2, 0.25) is 0 Å². The van der Waals surface area contributed by atoms with Crippen LogP contribution >= 0.6 is 0 Å². The van der Waals surface area contributed by atoms with Gasteiger partial charge in [-0.05, 0) is 31.5 Å². The average molecular weight is 303 g/mol. The van der Waals surface area contributed by atoms with Crippen LogP contribution in [-0.2, 0) is 9.53 Å². The highest BCUT2D eigenvalue weighted by Crippen LogP contribution is 2.05. The molecule has 0 bridgehead atoms. The van der Waals surface area contributed by atoms with Gasteiger partial charge in [0.15, 0.2) is 6.61 Å². The van der Waals surface area contributed by atoms with Gasteiger partial charge in [-0.3, -0.25) is 10.1 Å². The van der Waals surface area contributed by atoms with Crippen LogP contribution < -0.4 is 10.6 Å². The lowest BCUT2D eigenvalue weighted by atomic mass is 10.1. The number of hydrogen-bond donors (Lipinski definition) is 2. The zero-order valence-corrected chi connectivity index (χ0v) is 12.4. The maximum Gasteiger partial charge on any atom is 0.338 e. The van der Waals surface area contributed by atoms with E-state index in [2.05, 4.69) is 10.6 Å². The molecule has 0 aliphatic carbocycles. The Morgan fingerprint density at radius 3 is 2.73 bits per heavy atom. The number of ether oxygens (including phenoxy) is 1. The third-order valence-corrected chi connectivity index (χ3v) is 2.80. The summed E-state index contributed by atoms with van der Waals surface area (Å²) < 4.78 is 4.78. The molecule has 0 aliphatic heterocycles. The monoisotopic (exact) mass is 303 g/mol. The molecule has 0 radical (unpaired) electrons. The van der Waals surface area contributed by atoms with Crippen molar-refractivity contribution < 1.29 is 19.1 Å². The van der Waals surface area contributed by atoms with E-state index < -0.39 is 24.5 Å². The number of benzene rings is 1. The quantitative estimate of drug-likeness (QED) is 0.798. The first-order valence-corrected chi connectivity index (χ1v) is 6.74. The third kappa shape index (κ3) is 5.63. The van der Waals surface area contributed by atoms with Gasteiger partial charge in [0.25, 0.3) is 5.91 Å². The van der Waals surface area contributed by atoms with Gasteiger partial charge in [-0.2, -0.15) is 5.26 Å². The van der Waals surface area contributed by atoms with Crippen molar-refractivity contribution in [3.63, 3.8) is 0 Å². The number of urea groups is 1. The highest BCUT2D eigenvalue weighted by Gasteiger charge is 2.13. The number of imide groups is 1. The number of esters is 1. The lowest BCUT2D eigenvalue weighted by Gasteiger charge is -2.11. The van der Waals surface area contributed by atoms with Crippen molar-refractivity contribution in [2.24, 2.45) is 0 Å². The van der Waals surface area contributed by atoms with Crippen molar-refractivity contribution in [3.8, 4) is 6.07 Å². The number of carbonyl (C=O) groups excluding carboxylic acids is 3. The van der Waals surface area contributed by atoms with Gasteiger partial charge in [-0.1, -0.05) is 13.0 Å². The number of nitriles is 1. The summed E-state index contributed by atoms with van der Waals surface area (Å²) in [5, 5.41) is 13.3. The molecule has 0 saturated carbocycles. The first-order valence-electron chi connectivity index (χ1n) is 6.74. The van der Waals surface area contributed by atoms with E-state index >= 15 is 0 Å². The molecule has 0 heterocycles. The minimum atomic E-state index is -0.741. The topological polar surface area (TPSA) is 108 Å². The number of rotatable bonds is 5. The Kier molecular flexibility index (Phi) is 6.57. The summed E-state index contributed by atoms with van der Waals surface area (Å²) in [6.07, 6.45) is 0.728. The average Bonchev–Trinajstić information content (AvgIpc) is 2.52. The minimum absolute atomic E-state index is 0.0657. The van der Waals surface area contributed by atoms with Crippen LogP contribution in [0.15, 0.2) is 24.3 Å². The highest BCUT2D eigenvalue weighted by atomic mass is 16.5. The molecule has 3 amide bonds. The number of nitrogens with zero attached hydrogens (tertiary/aromatic N) is 1. The molecular formula is C15H17N3O4. The molecule has 1 aromatic rings. The van der Waals surface area contributed by atoms with Gasteiger partial charge in [0.05, 0.1) is 17.2 Å². The summed E-state index contributed by atoms with van der Waals surface area (Å²) >= 11 is 0. The van der Waals surface area contributed by atoms with Gasteiger partial charge >= 0.3 is 12.0 Å². The Hall–Kier alpha value is -2.88. The first-order chi connectivity index (χ1) is 10.5. The largest absolute Gasteiger partial charge is 0.452 e. The van der Waals surface area contributed by atoms with E-state index in [0.717, 1.165) is 6.42 Å². The standard InChI is InChI=1S/C15H17N3O4/c1-3-10(2)17-15(21)18-13(19)9-22-14(20)12-6-4-5-11(7-12)8-16/h4-7,10H,3,9H2,1-2H3,(H2,17,18,19,21)/t10-/m1/s1. The molecule has 0 aromatic heterocycles. The maximum absolute atomic E-state index is 11.7. The van der Waals surface area contributed by atoms with E-state index in [1.165, 1.54) is 18.2 Å². The van der Waals surface area contributed by atoms with Crippen molar-refractivity contribution >= 4 is 17.9 Å². The molecule has 0 saturated heterocycles. The molecule has 2 N–H and O–H groups in total. The summed E-state index contributed by atoms with van der Waals surface area (Å²) in [7, 11) is 0. The SMILES string of the molecule is CC[C@@H](C)NC(=O)NC(=O)COC(=O)c1cccc(C#N)c1. The fourth-order valence-corrected chi connectivity index (χ4v) is 1.45. The normalized spacial score (nSPS) is 11.0. The number of carbonyl (C=O) groups is 3.